The van der Waals surface area contributed by atoms with Gasteiger partial charge >= 0.3 is 18.1 Å². The Morgan fingerprint density at radius 1 is 1.26 bits per heavy atom. The summed E-state index contributed by atoms with van der Waals surface area (Å²) in [6.45, 7) is -0.457. The summed E-state index contributed by atoms with van der Waals surface area (Å²) in [6, 6.07) is -1.68. The van der Waals surface area contributed by atoms with Gasteiger partial charge in [0.15, 0.2) is 6.04 Å². The van der Waals surface area contributed by atoms with Gasteiger partial charge in [0.25, 0.3) is 0 Å². The van der Waals surface area contributed by atoms with Gasteiger partial charge in [-0.05, 0) is 12.8 Å². The Morgan fingerprint density at radius 3 is 2.32 bits per heavy atom. The summed E-state index contributed by atoms with van der Waals surface area (Å²) in [5, 5.41) is 10.2. The molecule has 19 heavy (non-hydrogen) atoms. The molecule has 0 spiro atoms. The zero-order valence-electron chi connectivity index (χ0n) is 10.2. The molecule has 0 heterocycles. The number of halogens is 3. The van der Waals surface area contributed by atoms with Crippen molar-refractivity contribution in [3.8, 4) is 0 Å². The summed E-state index contributed by atoms with van der Waals surface area (Å²) in [6.07, 6.45) is -0.724. The molecule has 8 heteroatoms. The van der Waals surface area contributed by atoms with E-state index in [1.165, 1.54) is 5.32 Å². The van der Waals surface area contributed by atoms with Gasteiger partial charge in [-0.2, -0.15) is 13.2 Å². The molecule has 1 fully saturated rings. The van der Waals surface area contributed by atoms with Crippen molar-refractivity contribution in [1.29, 1.82) is 0 Å². The highest BCUT2D eigenvalue weighted by atomic mass is 19.4. The van der Waals surface area contributed by atoms with Gasteiger partial charge in [0.1, 0.15) is 0 Å². The monoisotopic (exact) mass is 283 g/mol. The number of amides is 1. The number of carboxylic acids is 1. The molecule has 1 rings (SSSR count). The van der Waals surface area contributed by atoms with Crippen molar-refractivity contribution in [3.05, 3.63) is 0 Å². The van der Waals surface area contributed by atoms with Gasteiger partial charge in [-0.1, -0.05) is 19.3 Å². The molecule has 110 valence electrons. The minimum Gasteiger partial charge on any atom is -0.480 e. The van der Waals surface area contributed by atoms with E-state index in [1.54, 1.807) is 0 Å². The standard InChI is InChI=1S/C11H16F3NO4/c12-11(13,14)10(18)15-8(9(16)17)6-19-7-4-2-1-3-5-7/h7-8H,1-6H2,(H,15,18)(H,16,17)/t8-/m0/s1. The SMILES string of the molecule is O=C(O)[C@H](COC1CCCCC1)NC(=O)C(F)(F)F. The number of carbonyl (C=O) groups excluding carboxylic acids is 1. The number of alkyl halides is 3. The van der Waals surface area contributed by atoms with E-state index in [-0.39, 0.29) is 6.10 Å². The van der Waals surface area contributed by atoms with Gasteiger partial charge in [-0.25, -0.2) is 4.79 Å². The molecule has 0 aromatic rings. The van der Waals surface area contributed by atoms with Gasteiger partial charge in [-0.15, -0.1) is 0 Å². The quantitative estimate of drug-likeness (QED) is 0.801. The van der Waals surface area contributed by atoms with Crippen LogP contribution in [0.25, 0.3) is 0 Å². The Hall–Kier alpha value is -1.31. The first-order chi connectivity index (χ1) is 8.80. The molecule has 2 N–H and O–H groups in total. The maximum absolute atomic E-state index is 12.0. The van der Waals surface area contributed by atoms with Crippen LogP contribution in [-0.2, 0) is 14.3 Å². The summed E-state index contributed by atoms with van der Waals surface area (Å²) in [4.78, 5) is 21.4. The lowest BCUT2D eigenvalue weighted by molar-refractivity contribution is -0.176. The predicted molar refractivity (Wildman–Crippen MR) is 58.4 cm³/mol. The molecule has 1 atom stereocenters. The third-order valence-corrected chi connectivity index (χ3v) is 2.91. The van der Waals surface area contributed by atoms with Crippen LogP contribution in [0.3, 0.4) is 0 Å². The van der Waals surface area contributed by atoms with Crippen molar-refractivity contribution in [1.82, 2.24) is 5.32 Å². The van der Waals surface area contributed by atoms with Crippen molar-refractivity contribution < 1.29 is 32.6 Å². The minimum atomic E-state index is -5.10. The third kappa shape index (κ3) is 5.46. The van der Waals surface area contributed by atoms with Crippen LogP contribution in [0.2, 0.25) is 0 Å². The first kappa shape index (κ1) is 15.7. The minimum absolute atomic E-state index is 0.140. The fraction of sp³-hybridized carbons (Fsp3) is 0.818. The zero-order valence-corrected chi connectivity index (χ0v) is 10.2. The van der Waals surface area contributed by atoms with Crippen LogP contribution >= 0.6 is 0 Å². The highest BCUT2D eigenvalue weighted by molar-refractivity contribution is 5.86. The third-order valence-electron chi connectivity index (χ3n) is 2.91. The summed E-state index contributed by atoms with van der Waals surface area (Å²) in [5.41, 5.74) is 0. The van der Waals surface area contributed by atoms with Crippen molar-refractivity contribution in [2.24, 2.45) is 0 Å². The fourth-order valence-electron chi connectivity index (χ4n) is 1.88. The number of ether oxygens (including phenoxy) is 1. The molecular formula is C11H16F3NO4. The number of hydrogen-bond acceptors (Lipinski definition) is 3. The second-order valence-corrected chi connectivity index (χ2v) is 4.46. The lowest BCUT2D eigenvalue weighted by atomic mass is 9.98. The molecule has 1 aliphatic carbocycles. The Bertz CT molecular complexity index is 326. The maximum Gasteiger partial charge on any atom is 0.471 e. The second-order valence-electron chi connectivity index (χ2n) is 4.46. The molecule has 0 unspecified atom stereocenters. The Labute approximate surface area is 108 Å². The van der Waals surface area contributed by atoms with E-state index in [4.69, 9.17) is 9.84 Å². The number of aliphatic carboxylic acids is 1. The molecule has 1 aliphatic rings. The van der Waals surface area contributed by atoms with Crippen molar-refractivity contribution in [3.63, 3.8) is 0 Å². The average molecular weight is 283 g/mol. The van der Waals surface area contributed by atoms with Crippen LogP contribution in [0, 0.1) is 0 Å². The van der Waals surface area contributed by atoms with Crippen molar-refractivity contribution >= 4 is 11.9 Å². The summed E-state index contributed by atoms with van der Waals surface area (Å²) in [5.74, 6) is -3.82. The lowest BCUT2D eigenvalue weighted by Crippen LogP contribution is -2.49. The summed E-state index contributed by atoms with van der Waals surface area (Å²) in [7, 11) is 0. The van der Waals surface area contributed by atoms with Gasteiger partial charge in [0.05, 0.1) is 12.7 Å². The van der Waals surface area contributed by atoms with E-state index in [0.717, 1.165) is 32.1 Å². The van der Waals surface area contributed by atoms with E-state index in [9.17, 15) is 22.8 Å². The topological polar surface area (TPSA) is 75.6 Å². The number of carbonyl (C=O) groups is 2. The molecule has 0 aliphatic heterocycles. The molecule has 0 aromatic heterocycles. The summed E-state index contributed by atoms with van der Waals surface area (Å²) < 4.78 is 41.3. The van der Waals surface area contributed by atoms with Crippen LogP contribution < -0.4 is 5.32 Å². The highest BCUT2D eigenvalue weighted by Crippen LogP contribution is 2.20. The first-order valence-corrected chi connectivity index (χ1v) is 6.03. The highest BCUT2D eigenvalue weighted by Gasteiger charge is 2.41. The number of carboxylic acid groups (broad SMARTS) is 1. The Morgan fingerprint density at radius 2 is 1.84 bits per heavy atom. The van der Waals surface area contributed by atoms with Crippen molar-refractivity contribution in [2.75, 3.05) is 6.61 Å². The van der Waals surface area contributed by atoms with Gasteiger partial charge in [0.2, 0.25) is 0 Å². The van der Waals surface area contributed by atoms with Gasteiger partial charge < -0.3 is 15.2 Å². The molecule has 5 nitrogen and oxygen atoms in total. The molecule has 0 saturated heterocycles. The van der Waals surface area contributed by atoms with E-state index >= 15 is 0 Å². The molecule has 1 saturated carbocycles. The molecule has 0 bridgehead atoms. The molecule has 0 radical (unpaired) electrons. The lowest BCUT2D eigenvalue weighted by Gasteiger charge is -2.24. The van der Waals surface area contributed by atoms with Crippen molar-refractivity contribution in [2.45, 2.75) is 50.4 Å². The van der Waals surface area contributed by atoms with E-state index in [2.05, 4.69) is 0 Å². The van der Waals surface area contributed by atoms with Crippen LogP contribution in [0.4, 0.5) is 13.2 Å². The zero-order chi connectivity index (χ0) is 14.5. The van der Waals surface area contributed by atoms with E-state index in [1.807, 2.05) is 0 Å². The number of hydrogen-bond donors (Lipinski definition) is 2. The van der Waals surface area contributed by atoms with E-state index in [0.29, 0.717) is 0 Å². The van der Waals surface area contributed by atoms with Gasteiger partial charge in [0, 0.05) is 0 Å². The molecule has 0 aromatic carbocycles. The Kier molecular flexibility index (Phi) is 5.59. The Balaban J connectivity index is 2.44. The normalized spacial score (nSPS) is 18.9. The molecular weight excluding hydrogens is 267 g/mol. The average Bonchev–Trinajstić information content (AvgIpc) is 2.33. The van der Waals surface area contributed by atoms with Gasteiger partial charge in [-0.3, -0.25) is 4.79 Å². The number of nitrogens with one attached hydrogen (secondary N) is 1. The largest absolute Gasteiger partial charge is 0.480 e. The van der Waals surface area contributed by atoms with Crippen LogP contribution in [0.5, 0.6) is 0 Å². The predicted octanol–water partition coefficient (Wildman–Crippen LogP) is 1.47. The first-order valence-electron chi connectivity index (χ1n) is 6.03. The van der Waals surface area contributed by atoms with Crippen LogP contribution in [0.1, 0.15) is 32.1 Å². The number of rotatable bonds is 5. The smallest absolute Gasteiger partial charge is 0.471 e. The fourth-order valence-corrected chi connectivity index (χ4v) is 1.88. The van der Waals surface area contributed by atoms with Crippen LogP contribution in [-0.4, -0.2) is 41.9 Å². The second kappa shape index (κ2) is 6.74. The summed E-state index contributed by atoms with van der Waals surface area (Å²) >= 11 is 0. The van der Waals surface area contributed by atoms with E-state index < -0.39 is 30.7 Å². The molecule has 1 amide bonds. The maximum atomic E-state index is 12.0. The van der Waals surface area contributed by atoms with Crippen LogP contribution in [0.15, 0.2) is 0 Å².